The van der Waals surface area contributed by atoms with Gasteiger partial charge in [0.1, 0.15) is 18.2 Å². The highest BCUT2D eigenvalue weighted by Crippen LogP contribution is 2.10. The molecule has 3 rings (SSSR count). The number of nitrogens with zero attached hydrogens (tertiary/aromatic N) is 4. The second-order valence-electron chi connectivity index (χ2n) is 6.71. The maximum Gasteiger partial charge on any atom is 0.191 e. The van der Waals surface area contributed by atoms with Crippen LogP contribution < -0.4 is 10.6 Å². The lowest BCUT2D eigenvalue weighted by molar-refractivity contribution is 0.114. The molecule has 1 unspecified atom stereocenters. The van der Waals surface area contributed by atoms with E-state index in [9.17, 15) is 4.39 Å². The topological polar surface area (TPSA) is 76.4 Å². The zero-order valence-corrected chi connectivity index (χ0v) is 18.7. The maximum absolute atomic E-state index is 13.3. The molecule has 9 heteroatoms. The number of aliphatic imine (C=N–C) groups is 1. The van der Waals surface area contributed by atoms with Gasteiger partial charge in [-0.1, -0.05) is 12.1 Å². The van der Waals surface area contributed by atoms with Crippen molar-refractivity contribution in [1.82, 2.24) is 25.4 Å². The molecule has 1 atom stereocenters. The first-order valence-electron chi connectivity index (χ1n) is 9.35. The standard InChI is InChI=1S/C19H27FN6O.HI/c1-14-24-25-18(26(14)2)13-23-19(22-12-17-7-4-10-27-17)21-9-8-15-5-3-6-16(20)11-15;/h3,5-6,11,17H,4,7-10,12-13H2,1-2H3,(H2,21,22,23);1H. The van der Waals surface area contributed by atoms with Gasteiger partial charge in [-0.05, 0) is 43.9 Å². The van der Waals surface area contributed by atoms with Crippen LogP contribution in [-0.2, 0) is 24.8 Å². The summed E-state index contributed by atoms with van der Waals surface area (Å²) >= 11 is 0. The highest BCUT2D eigenvalue weighted by atomic mass is 127. The lowest BCUT2D eigenvalue weighted by atomic mass is 10.1. The van der Waals surface area contributed by atoms with Crippen LogP contribution in [0.4, 0.5) is 4.39 Å². The first kappa shape index (κ1) is 22.5. The fourth-order valence-corrected chi connectivity index (χ4v) is 2.95. The van der Waals surface area contributed by atoms with E-state index in [1.807, 2.05) is 24.6 Å². The average molecular weight is 502 g/mol. The van der Waals surface area contributed by atoms with E-state index in [0.717, 1.165) is 36.7 Å². The molecule has 2 N–H and O–H groups in total. The second kappa shape index (κ2) is 11.3. The van der Waals surface area contributed by atoms with Gasteiger partial charge in [0.2, 0.25) is 0 Å². The summed E-state index contributed by atoms with van der Waals surface area (Å²) in [5, 5.41) is 14.9. The van der Waals surface area contributed by atoms with E-state index < -0.39 is 0 Å². The van der Waals surface area contributed by atoms with Crippen molar-refractivity contribution in [1.29, 1.82) is 0 Å². The third-order valence-corrected chi connectivity index (χ3v) is 4.68. The van der Waals surface area contributed by atoms with Gasteiger partial charge in [0.05, 0.1) is 6.10 Å². The number of nitrogens with one attached hydrogen (secondary N) is 2. The van der Waals surface area contributed by atoms with Crippen LogP contribution in [0, 0.1) is 12.7 Å². The molecule has 2 heterocycles. The van der Waals surface area contributed by atoms with Gasteiger partial charge >= 0.3 is 0 Å². The van der Waals surface area contributed by atoms with Crippen molar-refractivity contribution in [2.45, 2.75) is 38.8 Å². The fourth-order valence-electron chi connectivity index (χ4n) is 2.95. The van der Waals surface area contributed by atoms with Crippen molar-refractivity contribution in [2.75, 3.05) is 19.7 Å². The Hall–Kier alpha value is -1.75. The lowest BCUT2D eigenvalue weighted by Gasteiger charge is -2.15. The van der Waals surface area contributed by atoms with Crippen LogP contribution in [0.25, 0.3) is 0 Å². The predicted octanol–water partition coefficient (Wildman–Crippen LogP) is 2.34. The number of aryl methyl sites for hydroxylation is 1. The number of halogens is 2. The Morgan fingerprint density at radius 1 is 1.36 bits per heavy atom. The van der Waals surface area contributed by atoms with Crippen LogP contribution >= 0.6 is 24.0 Å². The third kappa shape index (κ3) is 6.69. The summed E-state index contributed by atoms with van der Waals surface area (Å²) in [5.41, 5.74) is 0.949. The highest BCUT2D eigenvalue weighted by Gasteiger charge is 2.15. The molecule has 1 aromatic heterocycles. The molecule has 1 fully saturated rings. The van der Waals surface area contributed by atoms with Gasteiger partial charge in [-0.15, -0.1) is 34.2 Å². The van der Waals surface area contributed by atoms with Gasteiger partial charge in [-0.25, -0.2) is 9.38 Å². The van der Waals surface area contributed by atoms with Gasteiger partial charge in [0.25, 0.3) is 0 Å². The maximum atomic E-state index is 13.3. The Labute approximate surface area is 182 Å². The van der Waals surface area contributed by atoms with Crippen molar-refractivity contribution >= 4 is 29.9 Å². The monoisotopic (exact) mass is 502 g/mol. The molecular weight excluding hydrogens is 474 g/mol. The molecule has 1 aromatic carbocycles. The third-order valence-electron chi connectivity index (χ3n) is 4.68. The fraction of sp³-hybridized carbons (Fsp3) is 0.526. The zero-order chi connectivity index (χ0) is 19.1. The van der Waals surface area contributed by atoms with Crippen molar-refractivity contribution in [3.05, 3.63) is 47.3 Å². The Bertz CT molecular complexity index is 776. The Kier molecular flexibility index (Phi) is 9.10. The first-order chi connectivity index (χ1) is 13.1. The lowest BCUT2D eigenvalue weighted by Crippen LogP contribution is -2.42. The molecule has 0 radical (unpaired) electrons. The Morgan fingerprint density at radius 2 is 2.21 bits per heavy atom. The number of guanidine groups is 1. The number of aromatic nitrogens is 3. The molecule has 0 amide bonds. The normalized spacial score (nSPS) is 16.7. The van der Waals surface area contributed by atoms with Crippen LogP contribution in [-0.4, -0.2) is 46.5 Å². The molecule has 7 nitrogen and oxygen atoms in total. The summed E-state index contributed by atoms with van der Waals surface area (Å²) in [6.45, 7) is 4.53. The molecule has 0 spiro atoms. The van der Waals surface area contributed by atoms with Gasteiger partial charge < -0.3 is 19.9 Å². The summed E-state index contributed by atoms with van der Waals surface area (Å²) in [6, 6.07) is 6.66. The van der Waals surface area contributed by atoms with E-state index in [2.05, 4.69) is 25.8 Å². The molecule has 0 bridgehead atoms. The molecule has 28 heavy (non-hydrogen) atoms. The molecule has 0 saturated carbocycles. The van der Waals surface area contributed by atoms with Crippen molar-refractivity contribution < 1.29 is 9.13 Å². The number of benzene rings is 1. The summed E-state index contributed by atoms with van der Waals surface area (Å²) in [4.78, 5) is 4.62. The van der Waals surface area contributed by atoms with Crippen LogP contribution in [0.2, 0.25) is 0 Å². The predicted molar refractivity (Wildman–Crippen MR) is 117 cm³/mol. The van der Waals surface area contributed by atoms with E-state index >= 15 is 0 Å². The van der Waals surface area contributed by atoms with Crippen LogP contribution in [0.3, 0.4) is 0 Å². The minimum absolute atomic E-state index is 0. The minimum Gasteiger partial charge on any atom is -0.376 e. The summed E-state index contributed by atoms with van der Waals surface area (Å²) in [7, 11) is 1.93. The SMILES string of the molecule is Cc1nnc(CN=C(NCCc2cccc(F)c2)NCC2CCCO2)n1C.I. The van der Waals surface area contributed by atoms with E-state index in [4.69, 9.17) is 4.74 Å². The number of ether oxygens (including phenoxy) is 1. The van der Waals surface area contributed by atoms with Gasteiger partial charge in [-0.3, -0.25) is 0 Å². The van der Waals surface area contributed by atoms with E-state index in [0.29, 0.717) is 32.0 Å². The zero-order valence-electron chi connectivity index (χ0n) is 16.3. The van der Waals surface area contributed by atoms with Crippen LogP contribution in [0.15, 0.2) is 29.3 Å². The van der Waals surface area contributed by atoms with Gasteiger partial charge in [0.15, 0.2) is 11.8 Å². The van der Waals surface area contributed by atoms with Gasteiger partial charge in [-0.2, -0.15) is 0 Å². The van der Waals surface area contributed by atoms with Gasteiger partial charge in [0, 0.05) is 26.7 Å². The molecule has 0 aliphatic carbocycles. The molecule has 1 aliphatic rings. The van der Waals surface area contributed by atoms with Crippen LogP contribution in [0.5, 0.6) is 0 Å². The Balaban J connectivity index is 0.00000280. The largest absolute Gasteiger partial charge is 0.376 e. The summed E-state index contributed by atoms with van der Waals surface area (Å²) in [6.07, 6.45) is 3.09. The summed E-state index contributed by atoms with van der Waals surface area (Å²) in [5.74, 6) is 2.14. The molecular formula is C19H28FIN6O. The smallest absolute Gasteiger partial charge is 0.191 e. The quantitative estimate of drug-likeness (QED) is 0.346. The average Bonchev–Trinajstić information content (AvgIpc) is 3.28. The summed E-state index contributed by atoms with van der Waals surface area (Å²) < 4.78 is 20.9. The second-order valence-corrected chi connectivity index (χ2v) is 6.71. The van der Waals surface area contributed by atoms with Crippen molar-refractivity contribution in [3.63, 3.8) is 0 Å². The number of rotatable bonds is 7. The Morgan fingerprint density at radius 3 is 2.89 bits per heavy atom. The number of hydrogen-bond acceptors (Lipinski definition) is 4. The first-order valence-corrected chi connectivity index (χ1v) is 9.35. The van der Waals surface area contributed by atoms with E-state index in [-0.39, 0.29) is 35.9 Å². The number of hydrogen-bond donors (Lipinski definition) is 2. The van der Waals surface area contributed by atoms with Crippen molar-refractivity contribution in [3.8, 4) is 0 Å². The van der Waals surface area contributed by atoms with E-state index in [1.165, 1.54) is 6.07 Å². The molecule has 1 saturated heterocycles. The minimum atomic E-state index is -0.212. The van der Waals surface area contributed by atoms with E-state index in [1.54, 1.807) is 12.1 Å². The molecule has 154 valence electrons. The molecule has 2 aromatic rings. The van der Waals surface area contributed by atoms with Crippen molar-refractivity contribution in [2.24, 2.45) is 12.0 Å². The van der Waals surface area contributed by atoms with Crippen LogP contribution in [0.1, 0.15) is 30.1 Å². The molecule has 1 aliphatic heterocycles. The highest BCUT2D eigenvalue weighted by molar-refractivity contribution is 14.0.